The number of aromatic carboxylic acids is 1. The standard InChI is InChI=1S/C22H30N4O3/c1-23-10-7-18(14-23)21(27)26-9-4-8-25(11-12-26)15-17-6-3-5-16-13-19(22(28)29)24(2)20(16)17/h3,5-6,13,18H,4,7-12,14-15H2,1-2H3,(H,28,29)/t18-/m0/s1. The zero-order valence-electron chi connectivity index (χ0n) is 17.3. The number of nitrogens with zero attached hydrogens (tertiary/aromatic N) is 4. The fourth-order valence-corrected chi connectivity index (χ4v) is 4.82. The van der Waals surface area contributed by atoms with Crippen LogP contribution in [0.3, 0.4) is 0 Å². The van der Waals surface area contributed by atoms with Crippen molar-refractivity contribution in [3.63, 3.8) is 0 Å². The van der Waals surface area contributed by atoms with E-state index < -0.39 is 5.97 Å². The average Bonchev–Trinajstić information content (AvgIpc) is 3.19. The average molecular weight is 399 g/mol. The van der Waals surface area contributed by atoms with Crippen molar-refractivity contribution in [2.45, 2.75) is 19.4 Å². The third-order valence-corrected chi connectivity index (χ3v) is 6.39. The molecule has 0 saturated carbocycles. The van der Waals surface area contributed by atoms with Crippen LogP contribution in [0.15, 0.2) is 24.3 Å². The Labute approximate surface area is 171 Å². The molecule has 1 atom stereocenters. The predicted octanol–water partition coefficient (Wildman–Crippen LogP) is 1.86. The summed E-state index contributed by atoms with van der Waals surface area (Å²) in [6.45, 7) is 6.04. The van der Waals surface area contributed by atoms with Crippen LogP contribution in [0.1, 0.15) is 28.9 Å². The summed E-state index contributed by atoms with van der Waals surface area (Å²) in [6.07, 6.45) is 1.94. The first kappa shape index (κ1) is 19.9. The molecule has 0 unspecified atom stereocenters. The normalized spacial score (nSPS) is 21.6. The van der Waals surface area contributed by atoms with E-state index >= 15 is 0 Å². The molecule has 29 heavy (non-hydrogen) atoms. The van der Waals surface area contributed by atoms with E-state index in [2.05, 4.69) is 27.8 Å². The Morgan fingerprint density at radius 2 is 1.93 bits per heavy atom. The number of hydrogen-bond acceptors (Lipinski definition) is 4. The second-order valence-electron chi connectivity index (χ2n) is 8.45. The summed E-state index contributed by atoms with van der Waals surface area (Å²) in [5, 5.41) is 10.4. The van der Waals surface area contributed by atoms with Crippen molar-refractivity contribution in [3.05, 3.63) is 35.5 Å². The molecule has 3 heterocycles. The van der Waals surface area contributed by atoms with Crippen LogP contribution in [0.25, 0.3) is 10.9 Å². The highest BCUT2D eigenvalue weighted by Gasteiger charge is 2.30. The van der Waals surface area contributed by atoms with E-state index in [0.29, 0.717) is 11.6 Å². The van der Waals surface area contributed by atoms with Crippen LogP contribution < -0.4 is 0 Å². The summed E-state index contributed by atoms with van der Waals surface area (Å²) >= 11 is 0. The van der Waals surface area contributed by atoms with Crippen LogP contribution in [0.2, 0.25) is 0 Å². The van der Waals surface area contributed by atoms with Crippen molar-refractivity contribution in [1.29, 1.82) is 0 Å². The van der Waals surface area contributed by atoms with Gasteiger partial charge >= 0.3 is 5.97 Å². The van der Waals surface area contributed by atoms with E-state index in [1.54, 1.807) is 10.6 Å². The maximum Gasteiger partial charge on any atom is 0.352 e. The molecule has 7 nitrogen and oxygen atoms in total. The predicted molar refractivity (Wildman–Crippen MR) is 112 cm³/mol. The molecular formula is C22H30N4O3. The van der Waals surface area contributed by atoms with Crippen molar-refractivity contribution in [1.82, 2.24) is 19.3 Å². The lowest BCUT2D eigenvalue weighted by Crippen LogP contribution is -2.39. The van der Waals surface area contributed by atoms with Crippen molar-refractivity contribution in [2.24, 2.45) is 13.0 Å². The number of carbonyl (C=O) groups is 2. The Bertz CT molecular complexity index is 922. The van der Waals surface area contributed by atoms with Gasteiger partial charge in [0.05, 0.1) is 11.4 Å². The number of hydrogen-bond donors (Lipinski definition) is 1. The van der Waals surface area contributed by atoms with Crippen LogP contribution >= 0.6 is 0 Å². The third-order valence-electron chi connectivity index (χ3n) is 6.39. The molecule has 2 fully saturated rings. The van der Waals surface area contributed by atoms with E-state index in [9.17, 15) is 14.7 Å². The van der Waals surface area contributed by atoms with Crippen molar-refractivity contribution >= 4 is 22.8 Å². The van der Waals surface area contributed by atoms with Gasteiger partial charge < -0.3 is 19.5 Å². The van der Waals surface area contributed by atoms with Gasteiger partial charge in [-0.2, -0.15) is 0 Å². The molecule has 2 aliphatic rings. The van der Waals surface area contributed by atoms with Crippen LogP contribution in [0.4, 0.5) is 0 Å². The van der Waals surface area contributed by atoms with Gasteiger partial charge in [-0.15, -0.1) is 0 Å². The van der Waals surface area contributed by atoms with Crippen molar-refractivity contribution < 1.29 is 14.7 Å². The summed E-state index contributed by atoms with van der Waals surface area (Å²) < 4.78 is 1.78. The van der Waals surface area contributed by atoms with Gasteiger partial charge in [0.15, 0.2) is 0 Å². The number of para-hydroxylation sites is 1. The Morgan fingerprint density at radius 1 is 1.10 bits per heavy atom. The van der Waals surface area contributed by atoms with Gasteiger partial charge in [0.1, 0.15) is 5.69 Å². The lowest BCUT2D eigenvalue weighted by molar-refractivity contribution is -0.135. The van der Waals surface area contributed by atoms with Gasteiger partial charge in [-0.25, -0.2) is 4.79 Å². The first-order valence-electron chi connectivity index (χ1n) is 10.4. The summed E-state index contributed by atoms with van der Waals surface area (Å²) in [7, 11) is 3.90. The fraction of sp³-hybridized carbons (Fsp3) is 0.545. The number of aromatic nitrogens is 1. The number of amides is 1. The fourth-order valence-electron chi connectivity index (χ4n) is 4.82. The van der Waals surface area contributed by atoms with Crippen LogP contribution in [0.5, 0.6) is 0 Å². The van der Waals surface area contributed by atoms with Gasteiger partial charge in [0, 0.05) is 51.7 Å². The topological polar surface area (TPSA) is 69.0 Å². The lowest BCUT2D eigenvalue weighted by atomic mass is 10.1. The molecule has 0 aliphatic carbocycles. The minimum absolute atomic E-state index is 0.151. The van der Waals surface area contributed by atoms with Crippen molar-refractivity contribution in [2.75, 3.05) is 46.3 Å². The van der Waals surface area contributed by atoms with Crippen LogP contribution in [0, 0.1) is 5.92 Å². The van der Waals surface area contributed by atoms with E-state index in [1.165, 1.54) is 0 Å². The number of aryl methyl sites for hydroxylation is 1. The molecule has 2 saturated heterocycles. The molecule has 1 amide bonds. The van der Waals surface area contributed by atoms with Crippen LogP contribution in [-0.4, -0.2) is 82.6 Å². The molecule has 4 rings (SSSR count). The summed E-state index contributed by atoms with van der Waals surface area (Å²) in [5.41, 5.74) is 2.42. The molecule has 2 aromatic rings. The van der Waals surface area contributed by atoms with Gasteiger partial charge in [-0.3, -0.25) is 9.69 Å². The first-order valence-corrected chi connectivity index (χ1v) is 10.4. The number of benzene rings is 1. The van der Waals surface area contributed by atoms with Gasteiger partial charge in [0.25, 0.3) is 0 Å². The largest absolute Gasteiger partial charge is 0.477 e. The molecule has 156 valence electrons. The van der Waals surface area contributed by atoms with E-state index in [1.807, 2.05) is 19.2 Å². The minimum Gasteiger partial charge on any atom is -0.477 e. The summed E-state index contributed by atoms with van der Waals surface area (Å²) in [4.78, 5) is 31.0. The monoisotopic (exact) mass is 398 g/mol. The SMILES string of the molecule is CN1CC[C@H](C(=O)N2CCCN(Cc3cccc4cc(C(=O)O)n(C)c34)CC2)C1. The highest BCUT2D eigenvalue weighted by atomic mass is 16.4. The molecule has 1 N–H and O–H groups in total. The Morgan fingerprint density at radius 3 is 2.66 bits per heavy atom. The number of carbonyl (C=O) groups excluding carboxylic acids is 1. The quantitative estimate of drug-likeness (QED) is 0.852. The third kappa shape index (κ3) is 4.02. The van der Waals surface area contributed by atoms with E-state index in [-0.39, 0.29) is 5.92 Å². The highest BCUT2D eigenvalue weighted by Crippen LogP contribution is 2.25. The Balaban J connectivity index is 1.46. The second-order valence-corrected chi connectivity index (χ2v) is 8.45. The summed E-state index contributed by atoms with van der Waals surface area (Å²) in [5.74, 6) is -0.443. The zero-order chi connectivity index (χ0) is 20.5. The lowest BCUT2D eigenvalue weighted by Gasteiger charge is -2.24. The maximum absolute atomic E-state index is 12.9. The Hall–Kier alpha value is -2.38. The molecule has 0 bridgehead atoms. The molecular weight excluding hydrogens is 368 g/mol. The number of carboxylic acids is 1. The van der Waals surface area contributed by atoms with E-state index in [0.717, 1.165) is 75.1 Å². The maximum atomic E-state index is 12.9. The smallest absolute Gasteiger partial charge is 0.352 e. The van der Waals surface area contributed by atoms with Gasteiger partial charge in [0.2, 0.25) is 5.91 Å². The molecule has 7 heteroatoms. The zero-order valence-corrected chi connectivity index (χ0v) is 17.3. The van der Waals surface area contributed by atoms with Gasteiger partial charge in [-0.05, 0) is 38.1 Å². The molecule has 0 radical (unpaired) electrons. The number of likely N-dealkylation sites (tertiary alicyclic amines) is 1. The second kappa shape index (κ2) is 8.16. The molecule has 1 aromatic heterocycles. The van der Waals surface area contributed by atoms with Crippen molar-refractivity contribution in [3.8, 4) is 0 Å². The van der Waals surface area contributed by atoms with E-state index in [4.69, 9.17) is 0 Å². The number of rotatable bonds is 4. The molecule has 2 aliphatic heterocycles. The minimum atomic E-state index is -0.906. The molecule has 1 aromatic carbocycles. The first-order chi connectivity index (χ1) is 13.9. The summed E-state index contributed by atoms with van der Waals surface area (Å²) in [6, 6.07) is 7.78. The number of fused-ring (bicyclic) bond motifs is 1. The van der Waals surface area contributed by atoms with Crippen LogP contribution in [-0.2, 0) is 18.4 Å². The molecule has 0 spiro atoms. The van der Waals surface area contributed by atoms with Gasteiger partial charge in [-0.1, -0.05) is 18.2 Å². The Kier molecular flexibility index (Phi) is 5.61. The number of carboxylic acid groups (broad SMARTS) is 1. The highest BCUT2D eigenvalue weighted by molar-refractivity contribution is 5.95.